The molecule has 0 heterocycles. The number of halogens is 1. The highest BCUT2D eigenvalue weighted by Gasteiger charge is 2.23. The second-order valence-electron chi connectivity index (χ2n) is 1.88. The molecule has 0 aromatic heterocycles. The van der Waals surface area contributed by atoms with Gasteiger partial charge in [0.15, 0.2) is 0 Å². The zero-order valence-electron chi connectivity index (χ0n) is 6.73. The predicted octanol–water partition coefficient (Wildman–Crippen LogP) is -5.57. The van der Waals surface area contributed by atoms with Gasteiger partial charge in [0.1, 0.15) is 16.8 Å². The molecule has 1 amide bonds. The molecule has 0 saturated carbocycles. The van der Waals surface area contributed by atoms with E-state index in [0.717, 1.165) is 0 Å². The minimum atomic E-state index is -4.83. The molecule has 0 radical (unpaired) electrons. The van der Waals surface area contributed by atoms with E-state index in [2.05, 4.69) is 9.33 Å². The van der Waals surface area contributed by atoms with Crippen LogP contribution in [-0.2, 0) is 18.9 Å². The lowest BCUT2D eigenvalue weighted by molar-refractivity contribution is -1.93. The van der Waals surface area contributed by atoms with E-state index < -0.39 is 28.7 Å². The summed E-state index contributed by atoms with van der Waals surface area (Å²) in [6.45, 7) is -0.993. The number of amides is 1. The van der Waals surface area contributed by atoms with Crippen LogP contribution in [-0.4, -0.2) is 25.0 Å². The summed E-state index contributed by atoms with van der Waals surface area (Å²) < 4.78 is 32.3. The fourth-order valence-corrected chi connectivity index (χ4v) is 0.494. The van der Waals surface area contributed by atoms with Crippen molar-refractivity contribution >= 4 is 11.9 Å². The molecule has 3 N–H and O–H groups in total. The van der Waals surface area contributed by atoms with Gasteiger partial charge in [-0.2, -0.15) is 18.9 Å². The van der Waals surface area contributed by atoms with E-state index in [1.807, 2.05) is 5.32 Å². The summed E-state index contributed by atoms with van der Waals surface area (Å²) in [4.78, 5) is 24.4. The number of carbonyl (C=O) groups is 2. The lowest BCUT2D eigenvalue weighted by atomic mass is 10.5. The topological polar surface area (TPSA) is 160 Å². The van der Waals surface area contributed by atoms with Crippen LogP contribution in [0.25, 0.3) is 0 Å². The van der Waals surface area contributed by atoms with Crippen molar-refractivity contribution in [3.8, 4) is 0 Å². The van der Waals surface area contributed by atoms with Crippen molar-refractivity contribution in [2.24, 2.45) is 5.73 Å². The van der Waals surface area contributed by atoms with Crippen LogP contribution in [0.2, 0.25) is 0 Å². The van der Waals surface area contributed by atoms with Gasteiger partial charge in [0, 0.05) is 0 Å². The van der Waals surface area contributed by atoms with Crippen LogP contribution in [0.15, 0.2) is 0 Å². The molecule has 0 rings (SSSR count). The number of nitrogens with two attached hydrogens (primary N) is 1. The molecule has 14 heavy (non-hydrogen) atoms. The first-order valence-electron chi connectivity index (χ1n) is 3.12. The molecule has 0 aromatic rings. The second kappa shape index (κ2) is 5.70. The molecule has 0 bridgehead atoms. The molecule has 0 fully saturated rings. The smallest absolute Gasteiger partial charge is 0.344 e. The first-order chi connectivity index (χ1) is 6.35. The maximum atomic E-state index is 10.5. The highest BCUT2D eigenvalue weighted by Crippen LogP contribution is 1.89. The van der Waals surface area contributed by atoms with Gasteiger partial charge in [-0.3, -0.25) is 4.79 Å². The van der Waals surface area contributed by atoms with E-state index in [9.17, 15) is 23.6 Å². The highest BCUT2D eigenvalue weighted by atomic mass is 35.7. The largest absolute Gasteiger partial charge is 0.377 e. The van der Waals surface area contributed by atoms with Crippen molar-refractivity contribution in [1.82, 2.24) is 5.32 Å². The summed E-state index contributed by atoms with van der Waals surface area (Å²) in [6, 6.07) is 0. The van der Waals surface area contributed by atoms with Crippen molar-refractivity contribution < 1.29 is 43.1 Å². The van der Waals surface area contributed by atoms with E-state index in [0.29, 0.717) is 0 Å². The molecular formula is C4H7ClN2O7. The van der Waals surface area contributed by atoms with Gasteiger partial charge < -0.3 is 11.1 Å². The van der Waals surface area contributed by atoms with E-state index in [4.69, 9.17) is 5.73 Å². The lowest BCUT2D eigenvalue weighted by Crippen LogP contribution is -2.61. The van der Waals surface area contributed by atoms with Crippen LogP contribution in [0.3, 0.4) is 0 Å². The number of hydrogen-bond donors (Lipinski definition) is 2. The average Bonchev–Trinajstić information content (AvgIpc) is 2.09. The van der Waals surface area contributed by atoms with Crippen molar-refractivity contribution in [3.05, 3.63) is 0 Å². The third kappa shape index (κ3) is 7.67. The van der Waals surface area contributed by atoms with Gasteiger partial charge in [0.25, 0.3) is 0 Å². The zero-order chi connectivity index (χ0) is 11.2. The van der Waals surface area contributed by atoms with Gasteiger partial charge in [-0.1, -0.05) is 0 Å². The Labute approximate surface area is 80.0 Å². The Morgan fingerprint density at radius 2 is 1.93 bits per heavy atom. The van der Waals surface area contributed by atoms with Crippen molar-refractivity contribution in [2.45, 2.75) is 0 Å². The highest BCUT2D eigenvalue weighted by molar-refractivity contribution is 5.82. The SMILES string of the molecule is NCC(=O)NCC(=O)OO[Cl+3]([O-])([O-])[O-]. The van der Waals surface area contributed by atoms with Crippen LogP contribution in [0.5, 0.6) is 0 Å². The predicted molar refractivity (Wildman–Crippen MR) is 29.2 cm³/mol. The molecule has 82 valence electrons. The molecule has 0 aromatic carbocycles. The number of carbonyl (C=O) groups excluding carboxylic acids is 2. The number of hydrogen-bond acceptors (Lipinski definition) is 8. The molecule has 0 unspecified atom stereocenters. The first kappa shape index (κ1) is 13.0. The molecule has 0 aliphatic heterocycles. The molecule has 0 aliphatic carbocycles. The van der Waals surface area contributed by atoms with E-state index in [-0.39, 0.29) is 6.54 Å². The lowest BCUT2D eigenvalue weighted by Gasteiger charge is -2.08. The zero-order valence-corrected chi connectivity index (χ0v) is 7.48. The van der Waals surface area contributed by atoms with Crippen LogP contribution >= 0.6 is 0 Å². The minimum absolute atomic E-state index is 0.341. The maximum Gasteiger partial charge on any atom is 0.377 e. The summed E-state index contributed by atoms with van der Waals surface area (Å²) in [5, 5.41) is 1.95. The van der Waals surface area contributed by atoms with Gasteiger partial charge in [0.05, 0.1) is 6.54 Å². The maximum absolute atomic E-state index is 10.5. The quantitative estimate of drug-likeness (QED) is 0.349. The Bertz CT molecular complexity index is 214. The van der Waals surface area contributed by atoms with Crippen molar-refractivity contribution in [2.75, 3.05) is 13.1 Å². The molecule has 9 nitrogen and oxygen atoms in total. The number of nitrogens with one attached hydrogen (secondary N) is 1. The molecule has 0 aliphatic rings. The third-order valence-electron chi connectivity index (χ3n) is 0.817. The van der Waals surface area contributed by atoms with Crippen LogP contribution in [0.4, 0.5) is 0 Å². The normalized spacial score (nSPS) is 10.9. The van der Waals surface area contributed by atoms with Crippen molar-refractivity contribution in [1.29, 1.82) is 0 Å². The summed E-state index contributed by atoms with van der Waals surface area (Å²) in [5.74, 6) is -1.90. The standard InChI is InChI=1S/C4H7ClN2O7/c6-1-3(8)7-2-4(9)13-14-5(10,11)12/h1-2,6H2,(H,7,8). The molecule has 0 spiro atoms. The van der Waals surface area contributed by atoms with Crippen LogP contribution < -0.4 is 25.0 Å². The Balaban J connectivity index is 3.62. The summed E-state index contributed by atoms with van der Waals surface area (Å²) in [5.41, 5.74) is 4.86. The molecule has 10 heteroatoms. The fraction of sp³-hybridized carbons (Fsp3) is 0.500. The van der Waals surface area contributed by atoms with Crippen LogP contribution in [0.1, 0.15) is 0 Å². The van der Waals surface area contributed by atoms with Gasteiger partial charge >= 0.3 is 10.4 Å². The summed E-state index contributed by atoms with van der Waals surface area (Å²) in [6.07, 6.45) is 0. The van der Waals surface area contributed by atoms with E-state index >= 15 is 0 Å². The summed E-state index contributed by atoms with van der Waals surface area (Å²) >= 11 is 0. The fourth-order valence-electron chi connectivity index (χ4n) is 0.346. The third-order valence-corrected chi connectivity index (χ3v) is 1.03. The van der Waals surface area contributed by atoms with Gasteiger partial charge in [-0.15, -0.1) is 0 Å². The van der Waals surface area contributed by atoms with Gasteiger partial charge in [-0.25, -0.2) is 4.79 Å². The average molecular weight is 231 g/mol. The first-order valence-corrected chi connectivity index (χ1v) is 4.35. The Morgan fingerprint density at radius 3 is 2.36 bits per heavy atom. The van der Waals surface area contributed by atoms with Gasteiger partial charge in [0.2, 0.25) is 5.91 Å². The Kier molecular flexibility index (Phi) is 5.30. The molecule has 0 atom stereocenters. The Hall–Kier alpha value is -0.970. The molecule has 0 saturated heterocycles. The van der Waals surface area contributed by atoms with E-state index in [1.54, 1.807) is 0 Å². The van der Waals surface area contributed by atoms with Crippen LogP contribution in [0, 0.1) is 10.2 Å². The Morgan fingerprint density at radius 1 is 1.36 bits per heavy atom. The number of rotatable bonds is 5. The monoisotopic (exact) mass is 230 g/mol. The minimum Gasteiger partial charge on any atom is -0.344 e. The second-order valence-corrected chi connectivity index (χ2v) is 2.76. The molecular weight excluding hydrogens is 224 g/mol. The van der Waals surface area contributed by atoms with Crippen molar-refractivity contribution in [3.63, 3.8) is 0 Å². The van der Waals surface area contributed by atoms with Gasteiger partial charge in [-0.05, 0) is 0 Å². The summed E-state index contributed by atoms with van der Waals surface area (Å²) in [7, 11) is -4.83. The van der Waals surface area contributed by atoms with E-state index in [1.165, 1.54) is 0 Å².